The maximum absolute atomic E-state index is 13.3. The fraction of sp³-hybridized carbons (Fsp3) is 0.167. The van der Waals surface area contributed by atoms with Crippen molar-refractivity contribution in [3.8, 4) is 6.07 Å². The van der Waals surface area contributed by atoms with Crippen molar-refractivity contribution in [3.05, 3.63) is 41.2 Å². The molecule has 82 valence electrons. The van der Waals surface area contributed by atoms with Gasteiger partial charge in [0.2, 0.25) is 0 Å². The van der Waals surface area contributed by atoms with Crippen LogP contribution in [0.4, 0.5) is 4.39 Å². The van der Waals surface area contributed by atoms with Crippen LogP contribution in [0, 0.1) is 17.1 Å². The molecule has 0 spiro atoms. The number of methoxy groups -OCH3 is 1. The first-order chi connectivity index (χ1) is 7.67. The normalized spacial score (nSPS) is 10.1. The van der Waals surface area contributed by atoms with Crippen LogP contribution in [0.15, 0.2) is 24.3 Å². The Morgan fingerprint density at radius 3 is 3.00 bits per heavy atom. The van der Waals surface area contributed by atoms with Crippen LogP contribution in [0.3, 0.4) is 0 Å². The summed E-state index contributed by atoms with van der Waals surface area (Å²) in [6.45, 7) is 0. The first-order valence-corrected chi connectivity index (χ1v) is 4.58. The van der Waals surface area contributed by atoms with Gasteiger partial charge in [-0.2, -0.15) is 5.26 Å². The molecule has 4 heteroatoms. The number of nitriles is 1. The van der Waals surface area contributed by atoms with Gasteiger partial charge in [-0.05, 0) is 23.8 Å². The maximum Gasteiger partial charge on any atom is 0.330 e. The summed E-state index contributed by atoms with van der Waals surface area (Å²) in [7, 11) is 1.25. The number of hydrogen-bond acceptors (Lipinski definition) is 3. The quantitative estimate of drug-likeness (QED) is 0.577. The number of rotatable bonds is 3. The molecule has 0 bridgehead atoms. The Hall–Kier alpha value is -2.15. The van der Waals surface area contributed by atoms with Gasteiger partial charge in [0.25, 0.3) is 0 Å². The van der Waals surface area contributed by atoms with Crippen LogP contribution in [0.25, 0.3) is 6.08 Å². The van der Waals surface area contributed by atoms with Crippen molar-refractivity contribution in [2.75, 3.05) is 7.11 Å². The molecular formula is C12H10FNO2. The predicted octanol–water partition coefficient (Wildman–Crippen LogP) is 2.08. The lowest BCUT2D eigenvalue weighted by molar-refractivity contribution is -0.134. The van der Waals surface area contributed by atoms with Crippen molar-refractivity contribution in [3.63, 3.8) is 0 Å². The molecule has 0 atom stereocenters. The molecule has 0 fully saturated rings. The van der Waals surface area contributed by atoms with E-state index in [0.717, 1.165) is 6.08 Å². The zero-order chi connectivity index (χ0) is 12.0. The van der Waals surface area contributed by atoms with E-state index < -0.39 is 11.8 Å². The Bertz CT molecular complexity index is 461. The zero-order valence-electron chi connectivity index (χ0n) is 8.74. The summed E-state index contributed by atoms with van der Waals surface area (Å²) in [6, 6.07) is 6.30. The minimum atomic E-state index is -0.551. The van der Waals surface area contributed by atoms with Gasteiger partial charge in [0.1, 0.15) is 5.82 Å². The second-order valence-electron chi connectivity index (χ2n) is 3.05. The molecule has 0 amide bonds. The number of ether oxygens (including phenoxy) is 1. The van der Waals surface area contributed by atoms with E-state index >= 15 is 0 Å². The fourth-order valence-electron chi connectivity index (χ4n) is 1.15. The summed E-state index contributed by atoms with van der Waals surface area (Å²) < 4.78 is 17.7. The van der Waals surface area contributed by atoms with Gasteiger partial charge >= 0.3 is 5.97 Å². The van der Waals surface area contributed by atoms with Crippen LogP contribution < -0.4 is 0 Å². The molecule has 1 aromatic rings. The van der Waals surface area contributed by atoms with Gasteiger partial charge in [-0.3, -0.25) is 0 Å². The smallest absolute Gasteiger partial charge is 0.330 e. The van der Waals surface area contributed by atoms with Crippen LogP contribution in [0.1, 0.15) is 11.1 Å². The third-order valence-corrected chi connectivity index (χ3v) is 1.94. The Balaban J connectivity index is 2.95. The molecule has 0 heterocycles. The number of nitrogens with zero attached hydrogens (tertiary/aromatic N) is 1. The molecule has 1 aromatic carbocycles. The first-order valence-electron chi connectivity index (χ1n) is 4.58. The van der Waals surface area contributed by atoms with Gasteiger partial charge in [0, 0.05) is 11.6 Å². The average Bonchev–Trinajstić information content (AvgIpc) is 2.29. The number of carbonyl (C=O) groups excluding carboxylic acids is 1. The Labute approximate surface area is 92.8 Å². The first kappa shape index (κ1) is 11.9. The van der Waals surface area contributed by atoms with Gasteiger partial charge in [-0.15, -0.1) is 0 Å². The molecule has 0 saturated carbocycles. The van der Waals surface area contributed by atoms with E-state index in [1.54, 1.807) is 0 Å². The van der Waals surface area contributed by atoms with Crippen molar-refractivity contribution in [2.45, 2.75) is 6.42 Å². The van der Waals surface area contributed by atoms with Crippen molar-refractivity contribution in [1.82, 2.24) is 0 Å². The third-order valence-electron chi connectivity index (χ3n) is 1.94. The predicted molar refractivity (Wildman–Crippen MR) is 56.8 cm³/mol. The largest absolute Gasteiger partial charge is 0.466 e. The van der Waals surface area contributed by atoms with Crippen LogP contribution in [-0.2, 0) is 16.0 Å². The summed E-state index contributed by atoms with van der Waals surface area (Å²) in [5.41, 5.74) is 0.964. The maximum atomic E-state index is 13.3. The lowest BCUT2D eigenvalue weighted by Crippen LogP contribution is -1.94. The van der Waals surface area contributed by atoms with Crippen molar-refractivity contribution in [1.29, 1.82) is 5.26 Å². The van der Waals surface area contributed by atoms with E-state index in [1.807, 2.05) is 6.07 Å². The van der Waals surface area contributed by atoms with Crippen LogP contribution in [0.5, 0.6) is 0 Å². The minimum absolute atomic E-state index is 0.208. The second-order valence-corrected chi connectivity index (χ2v) is 3.05. The van der Waals surface area contributed by atoms with Crippen molar-refractivity contribution < 1.29 is 13.9 Å². The summed E-state index contributed by atoms with van der Waals surface area (Å²) >= 11 is 0. The molecule has 1 rings (SSSR count). The summed E-state index contributed by atoms with van der Waals surface area (Å²) in [4.78, 5) is 10.8. The number of esters is 1. The van der Waals surface area contributed by atoms with E-state index in [4.69, 9.17) is 5.26 Å². The van der Waals surface area contributed by atoms with E-state index in [9.17, 15) is 9.18 Å². The Morgan fingerprint density at radius 1 is 1.62 bits per heavy atom. The summed E-state index contributed by atoms with van der Waals surface area (Å²) in [6.07, 6.45) is 2.66. The molecule has 0 N–H and O–H groups in total. The van der Waals surface area contributed by atoms with Gasteiger partial charge in [0.05, 0.1) is 19.6 Å². The van der Waals surface area contributed by atoms with Gasteiger partial charge in [0.15, 0.2) is 0 Å². The molecule has 0 aromatic heterocycles. The van der Waals surface area contributed by atoms with Crippen LogP contribution >= 0.6 is 0 Å². The van der Waals surface area contributed by atoms with E-state index in [2.05, 4.69) is 4.74 Å². The van der Waals surface area contributed by atoms with Crippen molar-refractivity contribution >= 4 is 12.0 Å². The van der Waals surface area contributed by atoms with E-state index in [1.165, 1.54) is 31.4 Å². The molecule has 0 aliphatic carbocycles. The highest BCUT2D eigenvalue weighted by atomic mass is 19.1. The molecule has 16 heavy (non-hydrogen) atoms. The third kappa shape index (κ3) is 3.21. The SMILES string of the molecule is COC(=O)C=Cc1cc(CC#N)ccc1F. The lowest BCUT2D eigenvalue weighted by atomic mass is 10.1. The highest BCUT2D eigenvalue weighted by Gasteiger charge is 2.01. The minimum Gasteiger partial charge on any atom is -0.466 e. The standard InChI is InChI=1S/C12H10FNO2/c1-16-12(15)5-3-10-8-9(6-7-14)2-4-11(10)13/h2-5,8H,6H2,1H3. The van der Waals surface area contributed by atoms with Gasteiger partial charge < -0.3 is 4.74 Å². The zero-order valence-corrected chi connectivity index (χ0v) is 8.74. The molecular weight excluding hydrogens is 209 g/mol. The van der Waals surface area contributed by atoms with E-state index in [-0.39, 0.29) is 12.0 Å². The van der Waals surface area contributed by atoms with E-state index in [0.29, 0.717) is 5.56 Å². The molecule has 0 saturated heterocycles. The Morgan fingerprint density at radius 2 is 2.38 bits per heavy atom. The molecule has 0 radical (unpaired) electrons. The summed E-state index contributed by atoms with van der Waals surface area (Å²) in [5.74, 6) is -0.994. The molecule has 3 nitrogen and oxygen atoms in total. The second kappa shape index (κ2) is 5.66. The number of halogens is 1. The van der Waals surface area contributed by atoms with Gasteiger partial charge in [-0.1, -0.05) is 6.07 Å². The lowest BCUT2D eigenvalue weighted by Gasteiger charge is -1.99. The summed E-state index contributed by atoms with van der Waals surface area (Å²) in [5, 5.41) is 8.50. The van der Waals surface area contributed by atoms with Crippen molar-refractivity contribution in [2.24, 2.45) is 0 Å². The number of hydrogen-bond donors (Lipinski definition) is 0. The molecule has 0 aliphatic heterocycles. The monoisotopic (exact) mass is 219 g/mol. The molecule has 0 aliphatic rings. The highest BCUT2D eigenvalue weighted by molar-refractivity contribution is 5.86. The Kier molecular flexibility index (Phi) is 4.22. The van der Waals surface area contributed by atoms with Crippen LogP contribution in [-0.4, -0.2) is 13.1 Å². The average molecular weight is 219 g/mol. The topological polar surface area (TPSA) is 50.1 Å². The molecule has 0 unspecified atom stereocenters. The van der Waals surface area contributed by atoms with Crippen LogP contribution in [0.2, 0.25) is 0 Å². The van der Waals surface area contributed by atoms with Gasteiger partial charge in [-0.25, -0.2) is 9.18 Å². The highest BCUT2D eigenvalue weighted by Crippen LogP contribution is 2.12. The fourth-order valence-corrected chi connectivity index (χ4v) is 1.15. The number of carbonyl (C=O) groups is 1. The number of benzene rings is 1.